The molecule has 2 heterocycles. The lowest BCUT2D eigenvalue weighted by Gasteiger charge is -2.06. The average Bonchev–Trinajstić information content (AvgIpc) is 2.82. The maximum absolute atomic E-state index is 12.5. The van der Waals surface area contributed by atoms with E-state index in [2.05, 4.69) is 5.32 Å². The van der Waals surface area contributed by atoms with Crippen LogP contribution >= 0.6 is 11.3 Å². The zero-order valence-electron chi connectivity index (χ0n) is 15.5. The number of carbonyl (C=O) groups excluding carboxylic acids is 3. The van der Waals surface area contributed by atoms with E-state index >= 15 is 0 Å². The van der Waals surface area contributed by atoms with E-state index < -0.39 is 11.9 Å². The number of aryl methyl sites for hydroxylation is 1. The van der Waals surface area contributed by atoms with Crippen molar-refractivity contribution in [2.24, 2.45) is 5.73 Å². The number of halogens is 1. The summed E-state index contributed by atoms with van der Waals surface area (Å²) in [6, 6.07) is 3.24. The summed E-state index contributed by atoms with van der Waals surface area (Å²) >= 11 is 1.45. The first-order chi connectivity index (χ1) is 13.0. The molecule has 28 heavy (non-hydrogen) atoms. The van der Waals surface area contributed by atoms with Gasteiger partial charge in [0, 0.05) is 10.9 Å². The van der Waals surface area contributed by atoms with Gasteiger partial charge in [0.25, 0.3) is 11.8 Å². The number of ether oxygens (including phenoxy) is 1. The summed E-state index contributed by atoms with van der Waals surface area (Å²) in [5, 5.41) is 3.38. The van der Waals surface area contributed by atoms with Crippen molar-refractivity contribution in [1.82, 2.24) is 0 Å². The van der Waals surface area contributed by atoms with Crippen LogP contribution in [0.15, 0.2) is 24.5 Å². The van der Waals surface area contributed by atoms with E-state index in [0.29, 0.717) is 16.1 Å². The van der Waals surface area contributed by atoms with Crippen molar-refractivity contribution in [3.05, 3.63) is 46.1 Å². The Hall–Kier alpha value is -2.45. The maximum atomic E-state index is 12.5. The molecule has 7 nitrogen and oxygen atoms in total. The van der Waals surface area contributed by atoms with Gasteiger partial charge in [-0.05, 0) is 37.3 Å². The van der Waals surface area contributed by atoms with Crippen molar-refractivity contribution in [3.63, 3.8) is 0 Å². The molecule has 3 N–H and O–H groups in total. The number of rotatable bonds is 5. The number of fused-ring (bicyclic) bond motifs is 1. The summed E-state index contributed by atoms with van der Waals surface area (Å²) < 4.78 is 6.52. The summed E-state index contributed by atoms with van der Waals surface area (Å²) in [7, 11) is 1.35. The van der Waals surface area contributed by atoms with Crippen LogP contribution in [0.4, 0.5) is 5.00 Å². The van der Waals surface area contributed by atoms with Crippen LogP contribution in [0.1, 0.15) is 50.4 Å². The number of nitrogens with zero attached hydrogens (tertiary/aromatic N) is 1. The second kappa shape index (κ2) is 9.66. The van der Waals surface area contributed by atoms with Crippen LogP contribution in [0.2, 0.25) is 0 Å². The van der Waals surface area contributed by atoms with Crippen LogP contribution < -0.4 is 28.0 Å². The van der Waals surface area contributed by atoms with Gasteiger partial charge in [0.2, 0.25) is 6.54 Å². The van der Waals surface area contributed by atoms with Crippen LogP contribution in [-0.4, -0.2) is 24.9 Å². The summed E-state index contributed by atoms with van der Waals surface area (Å²) in [5.74, 6) is -1.27. The fourth-order valence-electron chi connectivity index (χ4n) is 3.25. The zero-order chi connectivity index (χ0) is 19.4. The van der Waals surface area contributed by atoms with E-state index in [9.17, 15) is 14.4 Å². The molecule has 2 amide bonds. The molecule has 0 bridgehead atoms. The van der Waals surface area contributed by atoms with Gasteiger partial charge in [0.15, 0.2) is 12.4 Å². The Balaban J connectivity index is 0.00000280. The van der Waals surface area contributed by atoms with Gasteiger partial charge in [-0.25, -0.2) is 4.79 Å². The number of carbonyl (C=O) groups is 3. The molecule has 1 aliphatic rings. The van der Waals surface area contributed by atoms with Gasteiger partial charge < -0.3 is 28.2 Å². The predicted molar refractivity (Wildman–Crippen MR) is 101 cm³/mol. The zero-order valence-corrected chi connectivity index (χ0v) is 17.1. The maximum Gasteiger partial charge on any atom is 0.341 e. The molecule has 0 aromatic carbocycles. The first-order valence-electron chi connectivity index (χ1n) is 8.81. The molecular formula is C19H22ClN3O4S. The highest BCUT2D eigenvalue weighted by Gasteiger charge is 2.26. The van der Waals surface area contributed by atoms with Crippen molar-refractivity contribution in [2.45, 2.75) is 38.6 Å². The van der Waals surface area contributed by atoms with Gasteiger partial charge in [-0.15, -0.1) is 11.3 Å². The third-order valence-electron chi connectivity index (χ3n) is 4.53. The normalized spacial score (nSPS) is 12.9. The minimum Gasteiger partial charge on any atom is -1.00 e. The van der Waals surface area contributed by atoms with Crippen LogP contribution in [0.3, 0.4) is 0 Å². The van der Waals surface area contributed by atoms with Crippen LogP contribution in [-0.2, 0) is 28.9 Å². The van der Waals surface area contributed by atoms with Gasteiger partial charge in [0.1, 0.15) is 10.6 Å². The number of thiophene rings is 1. The molecule has 150 valence electrons. The number of nitrogens with one attached hydrogen (secondary N) is 1. The van der Waals surface area contributed by atoms with Gasteiger partial charge in [-0.3, -0.25) is 9.59 Å². The number of anilines is 1. The lowest BCUT2D eigenvalue weighted by Crippen LogP contribution is -3.00. The van der Waals surface area contributed by atoms with Crippen LogP contribution in [0.5, 0.6) is 0 Å². The number of methoxy groups -OCH3 is 1. The summed E-state index contributed by atoms with van der Waals surface area (Å²) in [4.78, 5) is 37.3. The molecule has 0 radical (unpaired) electrons. The molecular weight excluding hydrogens is 402 g/mol. The Labute approximate surface area is 173 Å². The average molecular weight is 424 g/mol. The first-order valence-corrected chi connectivity index (χ1v) is 9.63. The van der Waals surface area contributed by atoms with Crippen molar-refractivity contribution in [3.8, 4) is 0 Å². The molecule has 0 spiro atoms. The molecule has 0 atom stereocenters. The quantitative estimate of drug-likeness (QED) is 0.359. The topological polar surface area (TPSA) is 102 Å². The molecule has 2 aromatic heterocycles. The number of pyridine rings is 1. The van der Waals surface area contributed by atoms with Crippen molar-refractivity contribution >= 4 is 34.1 Å². The largest absolute Gasteiger partial charge is 1.00 e. The molecule has 0 saturated heterocycles. The highest BCUT2D eigenvalue weighted by atomic mass is 35.5. The summed E-state index contributed by atoms with van der Waals surface area (Å²) in [6.45, 7) is 0.00427. The van der Waals surface area contributed by atoms with Gasteiger partial charge >= 0.3 is 5.97 Å². The van der Waals surface area contributed by atoms with Crippen molar-refractivity contribution in [2.75, 3.05) is 12.4 Å². The Bertz CT molecular complexity index is 897. The monoisotopic (exact) mass is 423 g/mol. The van der Waals surface area contributed by atoms with Crippen LogP contribution in [0, 0.1) is 0 Å². The molecule has 0 saturated carbocycles. The lowest BCUT2D eigenvalue weighted by atomic mass is 10.1. The molecule has 1 aliphatic carbocycles. The third-order valence-corrected chi connectivity index (χ3v) is 5.74. The van der Waals surface area contributed by atoms with E-state index in [1.807, 2.05) is 0 Å². The van der Waals surface area contributed by atoms with E-state index in [1.165, 1.54) is 24.6 Å². The molecule has 0 fully saturated rings. The van der Waals surface area contributed by atoms with E-state index in [4.69, 9.17) is 10.5 Å². The van der Waals surface area contributed by atoms with Gasteiger partial charge in [-0.2, -0.15) is 4.57 Å². The second-order valence-electron chi connectivity index (χ2n) is 6.44. The minimum absolute atomic E-state index is 0. The molecule has 2 aromatic rings. The predicted octanol–water partition coefficient (Wildman–Crippen LogP) is -1.17. The summed E-state index contributed by atoms with van der Waals surface area (Å²) in [5.41, 5.74) is 7.07. The smallest absolute Gasteiger partial charge is 0.341 e. The van der Waals surface area contributed by atoms with Crippen LogP contribution in [0.25, 0.3) is 0 Å². The Kier molecular flexibility index (Phi) is 7.53. The van der Waals surface area contributed by atoms with Gasteiger partial charge in [-0.1, -0.05) is 6.42 Å². The SMILES string of the molecule is COC(=O)c1c(NC(=O)C[n+]2cccc(C(N)=O)c2)sc2c1CCCCC2.[Cl-]. The highest BCUT2D eigenvalue weighted by Crippen LogP contribution is 2.37. The van der Waals surface area contributed by atoms with Crippen molar-refractivity contribution in [1.29, 1.82) is 0 Å². The number of aromatic nitrogens is 1. The number of nitrogens with two attached hydrogens (primary N) is 1. The first kappa shape index (κ1) is 21.8. The number of hydrogen-bond donors (Lipinski definition) is 2. The molecule has 0 unspecified atom stereocenters. The van der Waals surface area contributed by atoms with E-state index in [1.54, 1.807) is 22.9 Å². The standard InChI is InChI=1S/C19H21N3O4S.ClH/c1-26-19(25)16-13-7-3-2-4-8-14(13)27-18(16)21-15(23)11-22-9-5-6-12(10-22)17(20)24;/h5-6,9-10H,2-4,7-8,11H2,1H3,(H2-,20,21,23,24,25);1H. The Morgan fingerprint density at radius 2 is 2.00 bits per heavy atom. The Morgan fingerprint density at radius 3 is 2.71 bits per heavy atom. The Morgan fingerprint density at radius 1 is 1.25 bits per heavy atom. The van der Waals surface area contributed by atoms with E-state index in [0.717, 1.165) is 42.5 Å². The number of amides is 2. The third kappa shape index (κ3) is 4.88. The summed E-state index contributed by atoms with van der Waals surface area (Å²) in [6.07, 6.45) is 8.17. The lowest BCUT2D eigenvalue weighted by molar-refractivity contribution is -0.684. The van der Waals surface area contributed by atoms with Gasteiger partial charge in [0.05, 0.1) is 12.7 Å². The molecule has 3 rings (SSSR count). The second-order valence-corrected chi connectivity index (χ2v) is 7.54. The number of primary amides is 1. The number of esters is 1. The minimum atomic E-state index is -0.556. The fourth-order valence-corrected chi connectivity index (χ4v) is 4.54. The van der Waals surface area contributed by atoms with Crippen molar-refractivity contribution < 1.29 is 36.1 Å². The molecule has 9 heteroatoms. The highest BCUT2D eigenvalue weighted by molar-refractivity contribution is 7.17. The van der Waals surface area contributed by atoms with E-state index in [-0.39, 0.29) is 24.9 Å². The molecule has 0 aliphatic heterocycles. The fraction of sp³-hybridized carbons (Fsp3) is 0.368. The number of hydrogen-bond acceptors (Lipinski definition) is 5.